The molecular formula is C13H21N. The van der Waals surface area contributed by atoms with Crippen LogP contribution in [-0.2, 0) is 12.8 Å². The summed E-state index contributed by atoms with van der Waals surface area (Å²) in [7, 11) is 0. The summed E-state index contributed by atoms with van der Waals surface area (Å²) in [5, 5.41) is 0. The number of hydrogen-bond donors (Lipinski definition) is 0. The summed E-state index contributed by atoms with van der Waals surface area (Å²) in [4.78, 5) is 4.64. The molecule has 1 heteroatoms. The van der Waals surface area contributed by atoms with E-state index >= 15 is 0 Å². The molecule has 0 bridgehead atoms. The zero-order valence-corrected chi connectivity index (χ0v) is 9.85. The maximum Gasteiger partial charge on any atom is 0.0410 e. The lowest BCUT2D eigenvalue weighted by Crippen LogP contribution is -2.00. The minimum Gasteiger partial charge on any atom is -0.258 e. The van der Waals surface area contributed by atoms with Gasteiger partial charge in [-0.15, -0.1) is 0 Å². The van der Waals surface area contributed by atoms with Gasteiger partial charge in [-0.05, 0) is 43.9 Å². The van der Waals surface area contributed by atoms with E-state index in [1.807, 2.05) is 0 Å². The van der Waals surface area contributed by atoms with Gasteiger partial charge in [0.15, 0.2) is 0 Å². The SMILES string of the molecule is CCCc1cc(C)c(CCC)c(C)n1. The molecular weight excluding hydrogens is 170 g/mol. The van der Waals surface area contributed by atoms with Crippen LogP contribution in [0.1, 0.15) is 49.2 Å². The molecule has 1 aromatic rings. The summed E-state index contributed by atoms with van der Waals surface area (Å²) in [6.07, 6.45) is 4.65. The van der Waals surface area contributed by atoms with Crippen LogP contribution in [0.25, 0.3) is 0 Å². The topological polar surface area (TPSA) is 12.9 Å². The Balaban J connectivity index is 2.98. The Morgan fingerprint density at radius 3 is 2.21 bits per heavy atom. The molecule has 1 aromatic heterocycles. The normalized spacial score (nSPS) is 10.6. The van der Waals surface area contributed by atoms with E-state index < -0.39 is 0 Å². The molecule has 0 aliphatic carbocycles. The van der Waals surface area contributed by atoms with Crippen LogP contribution in [-0.4, -0.2) is 4.98 Å². The molecule has 0 aromatic carbocycles. The first kappa shape index (κ1) is 11.2. The first-order valence-corrected chi connectivity index (χ1v) is 5.65. The monoisotopic (exact) mass is 191 g/mol. The third kappa shape index (κ3) is 2.57. The van der Waals surface area contributed by atoms with E-state index in [4.69, 9.17) is 0 Å². The van der Waals surface area contributed by atoms with Crippen LogP contribution in [0.5, 0.6) is 0 Å². The fourth-order valence-corrected chi connectivity index (χ4v) is 1.95. The molecule has 0 amide bonds. The van der Waals surface area contributed by atoms with Gasteiger partial charge in [-0.25, -0.2) is 0 Å². The van der Waals surface area contributed by atoms with Crippen LogP contribution in [0, 0.1) is 13.8 Å². The van der Waals surface area contributed by atoms with Crippen LogP contribution >= 0.6 is 0 Å². The van der Waals surface area contributed by atoms with Crippen LogP contribution in [0.4, 0.5) is 0 Å². The smallest absolute Gasteiger partial charge is 0.0410 e. The van der Waals surface area contributed by atoms with Gasteiger partial charge < -0.3 is 0 Å². The summed E-state index contributed by atoms with van der Waals surface area (Å²) in [6.45, 7) is 8.77. The molecule has 0 N–H and O–H groups in total. The maximum atomic E-state index is 4.64. The second-order valence-corrected chi connectivity index (χ2v) is 3.99. The van der Waals surface area contributed by atoms with Crippen molar-refractivity contribution in [2.24, 2.45) is 0 Å². The molecule has 0 saturated heterocycles. The lowest BCUT2D eigenvalue weighted by Gasteiger charge is -2.10. The third-order valence-electron chi connectivity index (χ3n) is 2.61. The lowest BCUT2D eigenvalue weighted by atomic mass is 10.0. The summed E-state index contributed by atoms with van der Waals surface area (Å²) in [6, 6.07) is 2.25. The fourth-order valence-electron chi connectivity index (χ4n) is 1.95. The number of pyridine rings is 1. The molecule has 1 heterocycles. The van der Waals surface area contributed by atoms with Crippen molar-refractivity contribution in [1.29, 1.82) is 0 Å². The Hall–Kier alpha value is -0.850. The highest BCUT2D eigenvalue weighted by molar-refractivity contribution is 5.31. The Bertz CT molecular complexity index is 279. The van der Waals surface area contributed by atoms with Gasteiger partial charge in [0.05, 0.1) is 0 Å². The lowest BCUT2D eigenvalue weighted by molar-refractivity contribution is 0.840. The second-order valence-electron chi connectivity index (χ2n) is 3.99. The molecule has 0 aliphatic heterocycles. The summed E-state index contributed by atoms with van der Waals surface area (Å²) in [5.41, 5.74) is 5.35. The number of aryl methyl sites for hydroxylation is 3. The Morgan fingerprint density at radius 2 is 1.71 bits per heavy atom. The van der Waals surface area contributed by atoms with E-state index in [1.165, 1.54) is 35.4 Å². The van der Waals surface area contributed by atoms with Crippen molar-refractivity contribution in [3.8, 4) is 0 Å². The summed E-state index contributed by atoms with van der Waals surface area (Å²) < 4.78 is 0. The van der Waals surface area contributed by atoms with E-state index in [-0.39, 0.29) is 0 Å². The molecule has 0 aliphatic rings. The molecule has 0 radical (unpaired) electrons. The van der Waals surface area contributed by atoms with Crippen LogP contribution in [0.15, 0.2) is 6.07 Å². The average molecular weight is 191 g/mol. The molecule has 1 nitrogen and oxygen atoms in total. The predicted octanol–water partition coefficient (Wildman–Crippen LogP) is 3.60. The Labute approximate surface area is 87.6 Å². The summed E-state index contributed by atoms with van der Waals surface area (Å²) >= 11 is 0. The van der Waals surface area contributed by atoms with Gasteiger partial charge >= 0.3 is 0 Å². The standard InChI is InChI=1S/C13H21N/c1-5-7-12-9-10(3)13(8-6-2)11(4)14-12/h9H,5-8H2,1-4H3. The van der Waals surface area contributed by atoms with E-state index in [0.717, 1.165) is 12.8 Å². The van der Waals surface area contributed by atoms with Crippen molar-refractivity contribution >= 4 is 0 Å². The van der Waals surface area contributed by atoms with Gasteiger partial charge in [0.1, 0.15) is 0 Å². The minimum atomic E-state index is 1.11. The first-order valence-electron chi connectivity index (χ1n) is 5.65. The quantitative estimate of drug-likeness (QED) is 0.708. The van der Waals surface area contributed by atoms with Gasteiger partial charge in [-0.3, -0.25) is 4.98 Å². The second kappa shape index (κ2) is 5.14. The molecule has 1 rings (SSSR count). The largest absolute Gasteiger partial charge is 0.258 e. The fraction of sp³-hybridized carbons (Fsp3) is 0.615. The van der Waals surface area contributed by atoms with E-state index in [9.17, 15) is 0 Å². The van der Waals surface area contributed by atoms with Gasteiger partial charge in [-0.1, -0.05) is 26.7 Å². The highest BCUT2D eigenvalue weighted by atomic mass is 14.7. The minimum absolute atomic E-state index is 1.11. The van der Waals surface area contributed by atoms with E-state index in [0.29, 0.717) is 0 Å². The van der Waals surface area contributed by atoms with Crippen molar-refractivity contribution < 1.29 is 0 Å². The highest BCUT2D eigenvalue weighted by Gasteiger charge is 2.05. The summed E-state index contributed by atoms with van der Waals surface area (Å²) in [5.74, 6) is 0. The Morgan fingerprint density at radius 1 is 1.07 bits per heavy atom. The van der Waals surface area contributed by atoms with Crippen molar-refractivity contribution in [3.63, 3.8) is 0 Å². The molecule has 0 fully saturated rings. The van der Waals surface area contributed by atoms with Gasteiger partial charge in [0, 0.05) is 11.4 Å². The Kier molecular flexibility index (Phi) is 4.12. The molecule has 0 atom stereocenters. The zero-order chi connectivity index (χ0) is 10.6. The predicted molar refractivity (Wildman–Crippen MR) is 61.7 cm³/mol. The molecule has 0 saturated carbocycles. The zero-order valence-electron chi connectivity index (χ0n) is 9.85. The van der Waals surface area contributed by atoms with Crippen molar-refractivity contribution in [2.45, 2.75) is 53.4 Å². The third-order valence-corrected chi connectivity index (χ3v) is 2.61. The first-order chi connectivity index (χ1) is 6.69. The van der Waals surface area contributed by atoms with Crippen LogP contribution in [0.2, 0.25) is 0 Å². The van der Waals surface area contributed by atoms with E-state index in [2.05, 4.69) is 38.7 Å². The van der Waals surface area contributed by atoms with E-state index in [1.54, 1.807) is 0 Å². The molecule has 0 unspecified atom stereocenters. The highest BCUT2D eigenvalue weighted by Crippen LogP contribution is 2.16. The van der Waals surface area contributed by atoms with Crippen molar-refractivity contribution in [1.82, 2.24) is 4.98 Å². The van der Waals surface area contributed by atoms with Crippen LogP contribution in [0.3, 0.4) is 0 Å². The van der Waals surface area contributed by atoms with Crippen LogP contribution < -0.4 is 0 Å². The molecule has 14 heavy (non-hydrogen) atoms. The van der Waals surface area contributed by atoms with Gasteiger partial charge in [0.25, 0.3) is 0 Å². The molecule has 0 spiro atoms. The maximum absolute atomic E-state index is 4.64. The van der Waals surface area contributed by atoms with Gasteiger partial charge in [0.2, 0.25) is 0 Å². The van der Waals surface area contributed by atoms with Crippen molar-refractivity contribution in [3.05, 3.63) is 28.6 Å². The number of aromatic nitrogens is 1. The molecule has 78 valence electrons. The van der Waals surface area contributed by atoms with Gasteiger partial charge in [-0.2, -0.15) is 0 Å². The number of nitrogens with zero attached hydrogens (tertiary/aromatic N) is 1. The number of hydrogen-bond acceptors (Lipinski definition) is 1. The number of rotatable bonds is 4. The average Bonchev–Trinajstić information content (AvgIpc) is 2.12. The van der Waals surface area contributed by atoms with Crippen molar-refractivity contribution in [2.75, 3.05) is 0 Å².